The van der Waals surface area contributed by atoms with Crippen LogP contribution in [0.25, 0.3) is 11.4 Å². The first-order valence-corrected chi connectivity index (χ1v) is 8.79. The monoisotopic (exact) mass is 337 g/mol. The molecule has 118 valence electrons. The number of hydrogen-bond donors (Lipinski definition) is 0. The number of allylic oxidation sites excluding steroid dienone is 1. The predicted octanol–water partition coefficient (Wildman–Crippen LogP) is 3.33. The molecule has 0 fully saturated rings. The van der Waals surface area contributed by atoms with Crippen molar-refractivity contribution in [2.45, 2.75) is 32.0 Å². The minimum Gasteiger partial charge on any atom is -0.468 e. The fourth-order valence-corrected chi connectivity index (χ4v) is 3.90. The van der Waals surface area contributed by atoms with E-state index in [0.717, 1.165) is 17.8 Å². The molecule has 5 nitrogen and oxygen atoms in total. The summed E-state index contributed by atoms with van der Waals surface area (Å²) >= 11 is 3.05. The summed E-state index contributed by atoms with van der Waals surface area (Å²) in [6.45, 7) is 8.65. The van der Waals surface area contributed by atoms with Crippen molar-refractivity contribution < 1.29 is 9.53 Å². The molecule has 0 N–H and O–H groups in total. The average molecular weight is 337 g/mol. The van der Waals surface area contributed by atoms with Gasteiger partial charge in [0.05, 0.1) is 12.9 Å². The quantitative estimate of drug-likeness (QED) is 0.441. The molecule has 0 aliphatic heterocycles. The number of hydrogen-bond acceptors (Lipinski definition) is 6. The second-order valence-electron chi connectivity index (χ2n) is 4.61. The van der Waals surface area contributed by atoms with Crippen molar-refractivity contribution in [3.05, 3.63) is 28.5 Å². The van der Waals surface area contributed by atoms with E-state index in [1.165, 1.54) is 29.3 Å². The van der Waals surface area contributed by atoms with Gasteiger partial charge in [0.15, 0.2) is 11.0 Å². The molecule has 0 bridgehead atoms. The predicted molar refractivity (Wildman–Crippen MR) is 90.4 cm³/mol. The summed E-state index contributed by atoms with van der Waals surface area (Å²) < 4.78 is 6.65. The number of aromatic nitrogens is 3. The summed E-state index contributed by atoms with van der Waals surface area (Å²) in [6, 6.07) is 0. The van der Waals surface area contributed by atoms with E-state index in [9.17, 15) is 4.79 Å². The third kappa shape index (κ3) is 3.41. The van der Waals surface area contributed by atoms with Gasteiger partial charge >= 0.3 is 5.97 Å². The topological polar surface area (TPSA) is 57.0 Å². The average Bonchev–Trinajstić information content (AvgIpc) is 3.08. The van der Waals surface area contributed by atoms with Gasteiger partial charge < -0.3 is 4.74 Å². The molecule has 2 aromatic heterocycles. The highest BCUT2D eigenvalue weighted by molar-refractivity contribution is 7.99. The molecule has 7 heteroatoms. The number of methoxy groups -OCH3 is 1. The van der Waals surface area contributed by atoms with Crippen LogP contribution < -0.4 is 0 Å². The Morgan fingerprint density at radius 3 is 2.95 bits per heavy atom. The van der Waals surface area contributed by atoms with Gasteiger partial charge in [-0.3, -0.25) is 9.36 Å². The van der Waals surface area contributed by atoms with Crippen LogP contribution >= 0.6 is 23.1 Å². The van der Waals surface area contributed by atoms with Crippen LogP contribution in [-0.2, 0) is 22.5 Å². The van der Waals surface area contributed by atoms with E-state index in [1.807, 2.05) is 4.57 Å². The smallest absolute Gasteiger partial charge is 0.316 e. The summed E-state index contributed by atoms with van der Waals surface area (Å²) in [5.41, 5.74) is 2.41. The first-order valence-electron chi connectivity index (χ1n) is 6.93. The molecule has 0 aliphatic rings. The SMILES string of the molecule is C=CCn1c(SCC(=O)OC)nnc1-c1csc(C)c1CC. The molecule has 0 radical (unpaired) electrons. The van der Waals surface area contributed by atoms with E-state index < -0.39 is 0 Å². The van der Waals surface area contributed by atoms with Crippen LogP contribution in [0.15, 0.2) is 23.2 Å². The fraction of sp³-hybridized carbons (Fsp3) is 0.400. The molecule has 0 aliphatic carbocycles. The van der Waals surface area contributed by atoms with E-state index in [-0.39, 0.29) is 11.7 Å². The number of carbonyl (C=O) groups is 1. The standard InChI is InChI=1S/C15H19N3O2S2/c1-5-7-18-14(12-8-21-10(3)11(12)6-2)16-17-15(18)22-9-13(19)20-4/h5,8H,1,6-7,9H2,2-4H3. The Morgan fingerprint density at radius 2 is 2.32 bits per heavy atom. The van der Waals surface area contributed by atoms with Crippen LogP contribution in [0.3, 0.4) is 0 Å². The lowest BCUT2D eigenvalue weighted by atomic mass is 10.1. The molecular weight excluding hydrogens is 318 g/mol. The van der Waals surface area contributed by atoms with Crippen molar-refractivity contribution in [1.82, 2.24) is 14.8 Å². The van der Waals surface area contributed by atoms with Gasteiger partial charge in [0, 0.05) is 22.4 Å². The Bertz CT molecular complexity index is 676. The minimum atomic E-state index is -0.277. The number of thiophene rings is 1. The van der Waals surface area contributed by atoms with E-state index in [1.54, 1.807) is 17.4 Å². The van der Waals surface area contributed by atoms with Crippen LogP contribution in [-0.4, -0.2) is 33.6 Å². The second kappa shape index (κ2) is 7.60. The van der Waals surface area contributed by atoms with E-state index in [0.29, 0.717) is 11.7 Å². The summed E-state index contributed by atoms with van der Waals surface area (Å²) in [5, 5.41) is 11.4. The van der Waals surface area contributed by atoms with E-state index in [2.05, 4.69) is 40.7 Å². The maximum absolute atomic E-state index is 11.3. The molecule has 2 rings (SSSR count). The van der Waals surface area contributed by atoms with Crippen molar-refractivity contribution in [3.63, 3.8) is 0 Å². The molecule has 0 unspecified atom stereocenters. The third-order valence-corrected chi connectivity index (χ3v) is 5.17. The molecule has 0 aromatic carbocycles. The number of ether oxygens (including phenoxy) is 1. The molecule has 0 saturated carbocycles. The van der Waals surface area contributed by atoms with Crippen LogP contribution in [0.1, 0.15) is 17.4 Å². The van der Waals surface area contributed by atoms with Gasteiger partial charge in [-0.25, -0.2) is 0 Å². The molecule has 0 atom stereocenters. The van der Waals surface area contributed by atoms with Crippen LogP contribution in [0, 0.1) is 6.92 Å². The Hall–Kier alpha value is -1.60. The summed E-state index contributed by atoms with van der Waals surface area (Å²) in [5.74, 6) is 0.767. The molecule has 22 heavy (non-hydrogen) atoms. The third-order valence-electron chi connectivity index (χ3n) is 3.27. The number of esters is 1. The zero-order chi connectivity index (χ0) is 16.1. The number of thioether (sulfide) groups is 1. The molecule has 0 saturated heterocycles. The first-order chi connectivity index (χ1) is 10.6. The van der Waals surface area contributed by atoms with Crippen LogP contribution in [0.5, 0.6) is 0 Å². The van der Waals surface area contributed by atoms with E-state index in [4.69, 9.17) is 0 Å². The van der Waals surface area contributed by atoms with Crippen molar-refractivity contribution in [1.29, 1.82) is 0 Å². The highest BCUT2D eigenvalue weighted by Crippen LogP contribution is 2.32. The highest BCUT2D eigenvalue weighted by Gasteiger charge is 2.18. The normalized spacial score (nSPS) is 10.7. The van der Waals surface area contributed by atoms with Crippen molar-refractivity contribution >= 4 is 29.1 Å². The largest absolute Gasteiger partial charge is 0.468 e. The summed E-state index contributed by atoms with van der Waals surface area (Å²) in [6.07, 6.45) is 2.76. The van der Waals surface area contributed by atoms with Crippen LogP contribution in [0.4, 0.5) is 0 Å². The van der Waals surface area contributed by atoms with Gasteiger partial charge in [0.1, 0.15) is 0 Å². The fourth-order valence-electron chi connectivity index (χ4n) is 2.18. The summed E-state index contributed by atoms with van der Waals surface area (Å²) in [7, 11) is 1.38. The van der Waals surface area contributed by atoms with E-state index >= 15 is 0 Å². The van der Waals surface area contributed by atoms with Gasteiger partial charge in [-0.2, -0.15) is 0 Å². The number of aryl methyl sites for hydroxylation is 1. The molecular formula is C15H19N3O2S2. The van der Waals surface area contributed by atoms with Crippen molar-refractivity contribution in [2.75, 3.05) is 12.9 Å². The number of rotatable bonds is 7. The summed E-state index contributed by atoms with van der Waals surface area (Å²) in [4.78, 5) is 12.6. The maximum Gasteiger partial charge on any atom is 0.316 e. The zero-order valence-corrected chi connectivity index (χ0v) is 14.6. The Labute approximate surface area is 138 Å². The lowest BCUT2D eigenvalue weighted by molar-refractivity contribution is -0.137. The molecule has 0 spiro atoms. The second-order valence-corrected chi connectivity index (χ2v) is 6.63. The molecule has 2 heterocycles. The van der Waals surface area contributed by atoms with Gasteiger partial charge in [-0.1, -0.05) is 24.8 Å². The molecule has 0 amide bonds. The number of carbonyl (C=O) groups excluding carboxylic acids is 1. The minimum absolute atomic E-state index is 0.217. The molecule has 2 aromatic rings. The number of nitrogens with zero attached hydrogens (tertiary/aromatic N) is 3. The Balaban J connectivity index is 2.37. The van der Waals surface area contributed by atoms with Gasteiger partial charge in [-0.05, 0) is 18.9 Å². The lowest BCUT2D eigenvalue weighted by Crippen LogP contribution is -2.06. The van der Waals surface area contributed by atoms with Gasteiger partial charge in [0.2, 0.25) is 0 Å². The Kier molecular flexibility index (Phi) is 5.79. The van der Waals surface area contributed by atoms with Crippen molar-refractivity contribution in [2.24, 2.45) is 0 Å². The lowest BCUT2D eigenvalue weighted by Gasteiger charge is -2.08. The zero-order valence-electron chi connectivity index (χ0n) is 13.0. The maximum atomic E-state index is 11.3. The highest BCUT2D eigenvalue weighted by atomic mass is 32.2. The Morgan fingerprint density at radius 1 is 1.55 bits per heavy atom. The van der Waals surface area contributed by atoms with Gasteiger partial charge in [0.25, 0.3) is 0 Å². The van der Waals surface area contributed by atoms with Crippen molar-refractivity contribution in [3.8, 4) is 11.4 Å². The first kappa shape index (κ1) is 16.8. The van der Waals surface area contributed by atoms with Gasteiger partial charge in [-0.15, -0.1) is 28.1 Å². The van der Waals surface area contributed by atoms with Crippen LogP contribution in [0.2, 0.25) is 0 Å².